The van der Waals surface area contributed by atoms with Crippen LogP contribution in [0.2, 0.25) is 0 Å². The summed E-state index contributed by atoms with van der Waals surface area (Å²) in [5.74, 6) is -0.222. The fraction of sp³-hybridized carbons (Fsp3) is 0.185. The van der Waals surface area contributed by atoms with Crippen LogP contribution in [0.1, 0.15) is 29.7 Å². The molecule has 4 rings (SSSR count). The topological polar surface area (TPSA) is 21.3 Å². The van der Waals surface area contributed by atoms with E-state index in [1.54, 1.807) is 12.1 Å². The fourth-order valence-corrected chi connectivity index (χ4v) is 3.89. The first-order chi connectivity index (χ1) is 15.8. The van der Waals surface area contributed by atoms with E-state index in [4.69, 9.17) is 4.74 Å². The molecular formula is C27H24ClF4NO. The van der Waals surface area contributed by atoms with Crippen molar-refractivity contribution in [2.45, 2.75) is 25.7 Å². The zero-order chi connectivity index (χ0) is 23.6. The van der Waals surface area contributed by atoms with Crippen LogP contribution in [-0.2, 0) is 12.7 Å². The van der Waals surface area contributed by atoms with Crippen molar-refractivity contribution in [3.63, 3.8) is 0 Å². The van der Waals surface area contributed by atoms with Gasteiger partial charge in [0, 0.05) is 12.6 Å². The number of hydrogen-bond donors (Lipinski definition) is 1. The van der Waals surface area contributed by atoms with Gasteiger partial charge >= 0.3 is 6.18 Å². The van der Waals surface area contributed by atoms with E-state index in [9.17, 15) is 17.6 Å². The molecule has 0 radical (unpaired) electrons. The molecule has 7 heteroatoms. The van der Waals surface area contributed by atoms with Crippen molar-refractivity contribution < 1.29 is 22.3 Å². The fourth-order valence-electron chi connectivity index (χ4n) is 3.89. The highest BCUT2D eigenvalue weighted by Crippen LogP contribution is 2.34. The number of hydrogen-bond acceptors (Lipinski definition) is 2. The number of benzene rings is 4. The van der Waals surface area contributed by atoms with Crippen molar-refractivity contribution >= 4 is 23.2 Å². The largest absolute Gasteiger partial charge is 0.494 e. The van der Waals surface area contributed by atoms with Crippen LogP contribution >= 0.6 is 12.4 Å². The van der Waals surface area contributed by atoms with Crippen molar-refractivity contribution in [2.24, 2.45) is 0 Å². The van der Waals surface area contributed by atoms with E-state index in [0.29, 0.717) is 6.54 Å². The van der Waals surface area contributed by atoms with Crippen LogP contribution in [0.5, 0.6) is 5.75 Å². The first kappa shape index (κ1) is 25.5. The van der Waals surface area contributed by atoms with E-state index in [1.807, 2.05) is 37.3 Å². The summed E-state index contributed by atoms with van der Waals surface area (Å²) in [4.78, 5) is 0. The van der Waals surface area contributed by atoms with Crippen LogP contribution in [0.4, 0.5) is 17.6 Å². The Balaban J connectivity index is 0.00000324. The summed E-state index contributed by atoms with van der Waals surface area (Å²) >= 11 is 0. The smallest absolute Gasteiger partial charge is 0.416 e. The third kappa shape index (κ3) is 5.51. The maximum absolute atomic E-state index is 13.7. The third-order valence-electron chi connectivity index (χ3n) is 5.73. The van der Waals surface area contributed by atoms with Crippen molar-refractivity contribution in [2.75, 3.05) is 7.11 Å². The number of fused-ring (bicyclic) bond motifs is 1. The Kier molecular flexibility index (Phi) is 7.85. The highest BCUT2D eigenvalue weighted by Gasteiger charge is 2.30. The second kappa shape index (κ2) is 10.5. The Bertz CT molecular complexity index is 1270. The second-order valence-corrected chi connectivity index (χ2v) is 7.94. The summed E-state index contributed by atoms with van der Waals surface area (Å²) < 4.78 is 57.8. The predicted octanol–water partition coefficient (Wildman–Crippen LogP) is 7.95. The van der Waals surface area contributed by atoms with Crippen LogP contribution in [0.3, 0.4) is 0 Å². The van der Waals surface area contributed by atoms with Gasteiger partial charge in [0.15, 0.2) is 11.6 Å². The van der Waals surface area contributed by atoms with Gasteiger partial charge in [0.25, 0.3) is 0 Å². The molecule has 0 saturated heterocycles. The molecule has 4 aromatic rings. The van der Waals surface area contributed by atoms with E-state index in [0.717, 1.165) is 45.2 Å². The van der Waals surface area contributed by atoms with E-state index in [-0.39, 0.29) is 24.2 Å². The summed E-state index contributed by atoms with van der Waals surface area (Å²) in [6, 6.07) is 21.8. The molecule has 0 aliphatic rings. The zero-order valence-corrected chi connectivity index (χ0v) is 19.4. The minimum atomic E-state index is -4.37. The van der Waals surface area contributed by atoms with Crippen LogP contribution < -0.4 is 10.1 Å². The lowest BCUT2D eigenvalue weighted by atomic mass is 9.94. The Morgan fingerprint density at radius 3 is 2.29 bits per heavy atom. The molecule has 1 N–H and O–H groups in total. The van der Waals surface area contributed by atoms with E-state index >= 15 is 0 Å². The van der Waals surface area contributed by atoms with Gasteiger partial charge in [0.2, 0.25) is 0 Å². The summed E-state index contributed by atoms with van der Waals surface area (Å²) in [5.41, 5.74) is 2.80. The molecule has 0 aliphatic heterocycles. The molecule has 4 aromatic carbocycles. The summed E-state index contributed by atoms with van der Waals surface area (Å²) in [5, 5.41) is 5.40. The summed E-state index contributed by atoms with van der Waals surface area (Å²) in [7, 11) is 1.43. The highest BCUT2D eigenvalue weighted by molar-refractivity contribution is 5.97. The van der Waals surface area contributed by atoms with Gasteiger partial charge in [-0.2, -0.15) is 13.2 Å². The molecule has 0 aromatic heterocycles. The Morgan fingerprint density at radius 2 is 1.62 bits per heavy atom. The number of rotatable bonds is 6. The number of nitrogens with one attached hydrogen (secondary N) is 1. The standard InChI is InChI=1S/C27H23F4NO.ClH/c1-17(20-9-12-25(28)26(15-20)33-2)32-16-18-13-21-5-3-4-6-23(21)24(14-18)19-7-10-22(11-8-19)27(29,30)31;/h3-15,17,32H,16H2,1-2H3;1H. The minimum absolute atomic E-state index is 0. The van der Waals surface area contributed by atoms with Gasteiger partial charge in [-0.15, -0.1) is 12.4 Å². The maximum atomic E-state index is 13.7. The molecule has 178 valence electrons. The molecule has 0 saturated carbocycles. The van der Waals surface area contributed by atoms with Gasteiger partial charge in [-0.25, -0.2) is 4.39 Å². The molecular weight excluding hydrogens is 466 g/mol. The monoisotopic (exact) mass is 489 g/mol. The van der Waals surface area contributed by atoms with E-state index < -0.39 is 17.6 Å². The molecule has 34 heavy (non-hydrogen) atoms. The van der Waals surface area contributed by atoms with E-state index in [2.05, 4.69) is 11.4 Å². The van der Waals surface area contributed by atoms with Crippen molar-refractivity contribution in [3.05, 3.63) is 101 Å². The highest BCUT2D eigenvalue weighted by atomic mass is 35.5. The lowest BCUT2D eigenvalue weighted by Crippen LogP contribution is -2.18. The average Bonchev–Trinajstić information content (AvgIpc) is 2.81. The van der Waals surface area contributed by atoms with Gasteiger partial charge in [0.1, 0.15) is 0 Å². The zero-order valence-electron chi connectivity index (χ0n) is 18.6. The Labute approximate surface area is 202 Å². The number of halogens is 5. The quantitative estimate of drug-likeness (QED) is 0.277. The Morgan fingerprint density at radius 1 is 0.912 bits per heavy atom. The average molecular weight is 490 g/mol. The van der Waals surface area contributed by atoms with E-state index in [1.165, 1.54) is 25.3 Å². The SMILES string of the molecule is COc1cc(C(C)NCc2cc(-c3ccc(C(F)(F)F)cc3)c3ccccc3c2)ccc1F.Cl. The molecule has 1 unspecified atom stereocenters. The molecule has 0 fully saturated rings. The maximum Gasteiger partial charge on any atom is 0.416 e. The van der Waals surface area contributed by atoms with Crippen LogP contribution in [0.25, 0.3) is 21.9 Å². The first-order valence-corrected chi connectivity index (χ1v) is 10.5. The third-order valence-corrected chi connectivity index (χ3v) is 5.73. The number of ether oxygens (including phenoxy) is 1. The van der Waals surface area contributed by atoms with Crippen LogP contribution in [0.15, 0.2) is 78.9 Å². The van der Waals surface area contributed by atoms with Crippen LogP contribution in [-0.4, -0.2) is 7.11 Å². The first-order valence-electron chi connectivity index (χ1n) is 10.5. The second-order valence-electron chi connectivity index (χ2n) is 7.94. The normalized spacial score (nSPS) is 12.3. The molecule has 2 nitrogen and oxygen atoms in total. The molecule has 0 amide bonds. The van der Waals surface area contributed by atoms with Gasteiger partial charge in [-0.3, -0.25) is 0 Å². The number of alkyl halides is 3. The van der Waals surface area contributed by atoms with Crippen molar-refractivity contribution in [1.82, 2.24) is 5.32 Å². The predicted molar refractivity (Wildman–Crippen MR) is 130 cm³/mol. The van der Waals surface area contributed by atoms with Crippen LogP contribution in [0, 0.1) is 5.82 Å². The van der Waals surface area contributed by atoms with Crippen molar-refractivity contribution in [3.8, 4) is 16.9 Å². The lowest BCUT2D eigenvalue weighted by molar-refractivity contribution is -0.137. The lowest BCUT2D eigenvalue weighted by Gasteiger charge is -2.17. The molecule has 0 aliphatic carbocycles. The Hall–Kier alpha value is -3.09. The summed E-state index contributed by atoms with van der Waals surface area (Å²) in [6.07, 6.45) is -4.37. The van der Waals surface area contributed by atoms with Crippen molar-refractivity contribution in [1.29, 1.82) is 0 Å². The molecule has 0 heterocycles. The molecule has 0 spiro atoms. The molecule has 1 atom stereocenters. The number of methoxy groups -OCH3 is 1. The van der Waals surface area contributed by atoms with Gasteiger partial charge in [0.05, 0.1) is 12.7 Å². The minimum Gasteiger partial charge on any atom is -0.494 e. The van der Waals surface area contributed by atoms with Gasteiger partial charge in [-0.1, -0.05) is 42.5 Å². The molecule has 0 bridgehead atoms. The van der Waals surface area contributed by atoms with Gasteiger partial charge < -0.3 is 10.1 Å². The van der Waals surface area contributed by atoms with Gasteiger partial charge in [-0.05, 0) is 76.3 Å². The summed E-state index contributed by atoms with van der Waals surface area (Å²) in [6.45, 7) is 2.50.